The van der Waals surface area contributed by atoms with Gasteiger partial charge in [0.2, 0.25) is 0 Å². The highest BCUT2D eigenvalue weighted by Crippen LogP contribution is 2.30. The standard InChI is InChI=1S/C27H26N4O3/c1-4-34-21-11-12-23-19(14-21)15-22(27(32)29-23)24-26(31-13-5-6-17(2)25(31)30-24)28-16-18-7-9-20(33-3)10-8-18/h5-15,28H,4,16H2,1-3H3,(H,29,32). The zero-order valence-electron chi connectivity index (χ0n) is 19.4. The van der Waals surface area contributed by atoms with Gasteiger partial charge in [-0.25, -0.2) is 4.98 Å². The van der Waals surface area contributed by atoms with Gasteiger partial charge in [0.25, 0.3) is 5.56 Å². The van der Waals surface area contributed by atoms with Crippen molar-refractivity contribution in [2.24, 2.45) is 0 Å². The summed E-state index contributed by atoms with van der Waals surface area (Å²) in [5, 5.41) is 4.39. The molecule has 0 fully saturated rings. The maximum Gasteiger partial charge on any atom is 0.258 e. The summed E-state index contributed by atoms with van der Waals surface area (Å²) in [7, 11) is 1.65. The largest absolute Gasteiger partial charge is 0.497 e. The van der Waals surface area contributed by atoms with Gasteiger partial charge in [-0.15, -0.1) is 0 Å². The fraction of sp³-hybridized carbons (Fsp3) is 0.185. The predicted octanol–water partition coefficient (Wildman–Crippen LogP) is 5.17. The average molecular weight is 455 g/mol. The maximum atomic E-state index is 13.1. The van der Waals surface area contributed by atoms with Crippen LogP contribution in [0.25, 0.3) is 27.8 Å². The second-order valence-electron chi connectivity index (χ2n) is 8.09. The number of imidazole rings is 1. The van der Waals surface area contributed by atoms with Crippen LogP contribution in [-0.2, 0) is 6.54 Å². The molecule has 0 amide bonds. The minimum atomic E-state index is -0.190. The van der Waals surface area contributed by atoms with E-state index >= 15 is 0 Å². The van der Waals surface area contributed by atoms with Crippen LogP contribution in [0.5, 0.6) is 11.5 Å². The van der Waals surface area contributed by atoms with Gasteiger partial charge in [0.05, 0.1) is 19.3 Å². The van der Waals surface area contributed by atoms with Crippen LogP contribution in [0.1, 0.15) is 18.1 Å². The van der Waals surface area contributed by atoms with Crippen LogP contribution in [0.15, 0.2) is 71.7 Å². The molecular weight excluding hydrogens is 428 g/mol. The van der Waals surface area contributed by atoms with E-state index in [1.165, 1.54) is 0 Å². The Morgan fingerprint density at radius 2 is 1.85 bits per heavy atom. The maximum absolute atomic E-state index is 13.1. The van der Waals surface area contributed by atoms with Crippen molar-refractivity contribution in [3.63, 3.8) is 0 Å². The lowest BCUT2D eigenvalue weighted by atomic mass is 10.1. The van der Waals surface area contributed by atoms with Crippen LogP contribution in [0.2, 0.25) is 0 Å². The molecule has 0 saturated carbocycles. The molecule has 172 valence electrons. The van der Waals surface area contributed by atoms with E-state index in [1.54, 1.807) is 7.11 Å². The molecule has 0 radical (unpaired) electrons. The Labute approximate surface area is 197 Å². The zero-order valence-corrected chi connectivity index (χ0v) is 19.4. The number of fused-ring (bicyclic) bond motifs is 2. The van der Waals surface area contributed by atoms with Crippen molar-refractivity contribution < 1.29 is 9.47 Å². The summed E-state index contributed by atoms with van der Waals surface area (Å²) in [4.78, 5) is 21.0. The predicted molar refractivity (Wildman–Crippen MR) is 135 cm³/mol. The van der Waals surface area contributed by atoms with Gasteiger partial charge in [-0.05, 0) is 67.4 Å². The highest BCUT2D eigenvalue weighted by molar-refractivity contribution is 5.87. The summed E-state index contributed by atoms with van der Waals surface area (Å²) in [5.74, 6) is 2.33. The van der Waals surface area contributed by atoms with Gasteiger partial charge in [-0.2, -0.15) is 0 Å². The number of nitrogens with zero attached hydrogens (tertiary/aromatic N) is 2. The third-order valence-corrected chi connectivity index (χ3v) is 5.85. The number of hydrogen-bond donors (Lipinski definition) is 2. The van der Waals surface area contributed by atoms with E-state index in [0.717, 1.165) is 45.0 Å². The van der Waals surface area contributed by atoms with Crippen LogP contribution in [0.3, 0.4) is 0 Å². The van der Waals surface area contributed by atoms with E-state index < -0.39 is 0 Å². The van der Waals surface area contributed by atoms with E-state index in [1.807, 2.05) is 85.1 Å². The number of hydrogen-bond acceptors (Lipinski definition) is 5. The van der Waals surface area contributed by atoms with Gasteiger partial charge in [0.15, 0.2) is 0 Å². The number of nitrogens with one attached hydrogen (secondary N) is 2. The second kappa shape index (κ2) is 8.94. The molecule has 2 aromatic carbocycles. The fourth-order valence-corrected chi connectivity index (χ4v) is 4.11. The van der Waals surface area contributed by atoms with Crippen LogP contribution < -0.4 is 20.3 Å². The van der Waals surface area contributed by atoms with E-state index in [4.69, 9.17) is 14.5 Å². The van der Waals surface area contributed by atoms with Crippen molar-refractivity contribution >= 4 is 22.4 Å². The molecule has 0 aliphatic heterocycles. The molecule has 34 heavy (non-hydrogen) atoms. The second-order valence-corrected chi connectivity index (χ2v) is 8.09. The van der Waals surface area contributed by atoms with Gasteiger partial charge < -0.3 is 19.8 Å². The molecule has 0 unspecified atom stereocenters. The first-order chi connectivity index (χ1) is 16.6. The van der Waals surface area contributed by atoms with E-state index in [9.17, 15) is 4.79 Å². The Kier molecular flexibility index (Phi) is 5.67. The number of aromatic amines is 1. The number of anilines is 1. The summed E-state index contributed by atoms with van der Waals surface area (Å²) in [6.45, 7) is 5.10. The van der Waals surface area contributed by atoms with Gasteiger partial charge in [-0.3, -0.25) is 9.20 Å². The van der Waals surface area contributed by atoms with Crippen LogP contribution in [0.4, 0.5) is 5.82 Å². The Balaban J connectivity index is 1.62. The Hall–Kier alpha value is -4.26. The van der Waals surface area contributed by atoms with Crippen molar-refractivity contribution in [1.82, 2.24) is 14.4 Å². The monoisotopic (exact) mass is 454 g/mol. The number of aryl methyl sites for hydroxylation is 1. The summed E-state index contributed by atoms with van der Waals surface area (Å²) < 4.78 is 12.9. The topological polar surface area (TPSA) is 80.7 Å². The van der Waals surface area contributed by atoms with E-state index in [-0.39, 0.29) is 5.56 Å². The molecule has 2 N–H and O–H groups in total. The van der Waals surface area contributed by atoms with Gasteiger partial charge in [-0.1, -0.05) is 18.2 Å². The van der Waals surface area contributed by atoms with Gasteiger partial charge in [0, 0.05) is 23.6 Å². The Morgan fingerprint density at radius 1 is 1.06 bits per heavy atom. The van der Waals surface area contributed by atoms with Crippen LogP contribution in [0, 0.1) is 6.92 Å². The van der Waals surface area contributed by atoms with Gasteiger partial charge >= 0.3 is 0 Å². The van der Waals surface area contributed by atoms with Crippen LogP contribution in [-0.4, -0.2) is 28.1 Å². The normalized spacial score (nSPS) is 11.1. The minimum absolute atomic E-state index is 0.190. The number of aromatic nitrogens is 3. The van der Waals surface area contributed by atoms with Gasteiger partial charge in [0.1, 0.15) is 28.7 Å². The third kappa shape index (κ3) is 3.96. The number of H-pyrrole nitrogens is 1. The molecule has 7 nitrogen and oxygen atoms in total. The van der Waals surface area contributed by atoms with Crippen molar-refractivity contribution in [3.8, 4) is 22.8 Å². The molecule has 0 atom stereocenters. The third-order valence-electron chi connectivity index (χ3n) is 5.85. The van der Waals surface area contributed by atoms with E-state index in [0.29, 0.717) is 24.4 Å². The summed E-state index contributed by atoms with van der Waals surface area (Å²) in [6, 6.07) is 19.4. The average Bonchev–Trinajstić information content (AvgIpc) is 3.22. The number of methoxy groups -OCH3 is 1. The smallest absolute Gasteiger partial charge is 0.258 e. The van der Waals surface area contributed by atoms with Crippen molar-refractivity contribution in [1.29, 1.82) is 0 Å². The molecule has 3 aromatic heterocycles. The summed E-state index contributed by atoms with van der Waals surface area (Å²) >= 11 is 0. The molecule has 0 spiro atoms. The Morgan fingerprint density at radius 3 is 2.62 bits per heavy atom. The number of rotatable bonds is 7. The molecule has 3 heterocycles. The first-order valence-electron chi connectivity index (χ1n) is 11.2. The Bertz CT molecular complexity index is 1530. The summed E-state index contributed by atoms with van der Waals surface area (Å²) in [6.07, 6.45) is 1.96. The molecule has 0 bridgehead atoms. The first kappa shape index (κ1) is 21.6. The SMILES string of the molecule is CCOc1ccc2[nH]c(=O)c(-c3nc4c(C)cccn4c3NCc3ccc(OC)cc3)cc2c1. The number of benzene rings is 2. The molecule has 5 aromatic rings. The molecular formula is C27H26N4O3. The lowest BCUT2D eigenvalue weighted by Crippen LogP contribution is -2.11. The highest BCUT2D eigenvalue weighted by atomic mass is 16.5. The lowest BCUT2D eigenvalue weighted by molar-refractivity contribution is 0.340. The zero-order chi connectivity index (χ0) is 23.7. The quantitative estimate of drug-likeness (QED) is 0.355. The fourth-order valence-electron chi connectivity index (χ4n) is 4.11. The molecule has 0 aliphatic rings. The molecule has 0 aliphatic carbocycles. The highest BCUT2D eigenvalue weighted by Gasteiger charge is 2.18. The number of pyridine rings is 2. The first-order valence-corrected chi connectivity index (χ1v) is 11.2. The minimum Gasteiger partial charge on any atom is -0.497 e. The van der Waals surface area contributed by atoms with Crippen LogP contribution >= 0.6 is 0 Å². The summed E-state index contributed by atoms with van der Waals surface area (Å²) in [5.41, 5.74) is 4.59. The van der Waals surface area contributed by atoms with Crippen molar-refractivity contribution in [2.75, 3.05) is 19.0 Å². The van der Waals surface area contributed by atoms with E-state index in [2.05, 4.69) is 10.3 Å². The lowest BCUT2D eigenvalue weighted by Gasteiger charge is -2.10. The van der Waals surface area contributed by atoms with Crippen molar-refractivity contribution in [3.05, 3.63) is 88.3 Å². The molecule has 5 rings (SSSR count). The molecule has 7 heteroatoms. The molecule has 0 saturated heterocycles. The number of ether oxygens (including phenoxy) is 2. The van der Waals surface area contributed by atoms with Crippen molar-refractivity contribution in [2.45, 2.75) is 20.4 Å².